The summed E-state index contributed by atoms with van der Waals surface area (Å²) < 4.78 is 29.2. The van der Waals surface area contributed by atoms with E-state index >= 15 is 0 Å². The summed E-state index contributed by atoms with van der Waals surface area (Å²) in [5.41, 5.74) is 0. The lowest BCUT2D eigenvalue weighted by Crippen LogP contribution is -2.15. The molecular formula is C12H21NO3S. The second-order valence-corrected chi connectivity index (χ2v) is 6.58. The molecule has 0 saturated carbocycles. The third-order valence-electron chi connectivity index (χ3n) is 2.67. The van der Waals surface area contributed by atoms with Gasteiger partial charge in [0, 0.05) is 0 Å². The Kier molecular flexibility index (Phi) is 5.21. The lowest BCUT2D eigenvalue weighted by atomic mass is 10.2. The lowest BCUT2D eigenvalue weighted by molar-refractivity contribution is 0.464. The van der Waals surface area contributed by atoms with Gasteiger partial charge in [0.2, 0.25) is 0 Å². The molecule has 1 aromatic rings. The van der Waals surface area contributed by atoms with Crippen molar-refractivity contribution in [2.75, 3.05) is 12.8 Å². The standard InChI is InChI=1S/C12H21NO3S/c1-4-10(2)8-17(14,15)9-12-6-5-11(16-12)7-13-3/h5-6,10,13H,4,7-9H2,1-3H3. The van der Waals surface area contributed by atoms with Gasteiger partial charge in [-0.2, -0.15) is 0 Å². The molecule has 1 heterocycles. The number of rotatable bonds is 7. The average molecular weight is 259 g/mol. The van der Waals surface area contributed by atoms with Crippen LogP contribution in [0, 0.1) is 5.92 Å². The maximum Gasteiger partial charge on any atom is 0.157 e. The van der Waals surface area contributed by atoms with Crippen molar-refractivity contribution in [1.29, 1.82) is 0 Å². The number of furan rings is 1. The molecular weight excluding hydrogens is 238 g/mol. The summed E-state index contributed by atoms with van der Waals surface area (Å²) in [4.78, 5) is 0. The molecule has 0 aliphatic heterocycles. The molecule has 0 radical (unpaired) electrons. The fourth-order valence-corrected chi connectivity index (χ4v) is 3.41. The molecule has 98 valence electrons. The van der Waals surface area contributed by atoms with E-state index in [-0.39, 0.29) is 17.4 Å². The van der Waals surface area contributed by atoms with E-state index in [9.17, 15) is 8.42 Å². The molecule has 0 fully saturated rings. The van der Waals surface area contributed by atoms with Crippen LogP contribution in [0.3, 0.4) is 0 Å². The minimum atomic E-state index is -3.06. The van der Waals surface area contributed by atoms with Crippen LogP contribution in [0.1, 0.15) is 31.8 Å². The number of hydrogen-bond donors (Lipinski definition) is 1. The smallest absolute Gasteiger partial charge is 0.157 e. The number of hydrogen-bond acceptors (Lipinski definition) is 4. The third-order valence-corrected chi connectivity index (χ3v) is 4.47. The first-order valence-electron chi connectivity index (χ1n) is 5.89. The average Bonchev–Trinajstić information content (AvgIpc) is 2.64. The molecule has 0 aliphatic carbocycles. The number of nitrogens with one attached hydrogen (secondary N) is 1. The minimum Gasteiger partial charge on any atom is -0.464 e. The molecule has 0 aromatic carbocycles. The minimum absolute atomic E-state index is 0.00105. The van der Waals surface area contributed by atoms with Crippen LogP contribution in [0.2, 0.25) is 0 Å². The molecule has 1 N–H and O–H groups in total. The summed E-state index contributed by atoms with van der Waals surface area (Å²) in [5, 5.41) is 2.96. The van der Waals surface area contributed by atoms with Crippen molar-refractivity contribution in [3.05, 3.63) is 23.7 Å². The molecule has 1 aromatic heterocycles. The van der Waals surface area contributed by atoms with E-state index < -0.39 is 9.84 Å². The van der Waals surface area contributed by atoms with Gasteiger partial charge in [0.1, 0.15) is 17.3 Å². The zero-order chi connectivity index (χ0) is 12.9. The van der Waals surface area contributed by atoms with Gasteiger partial charge in [0.15, 0.2) is 9.84 Å². The first-order valence-corrected chi connectivity index (χ1v) is 7.71. The van der Waals surface area contributed by atoms with Crippen molar-refractivity contribution in [3.63, 3.8) is 0 Å². The molecule has 5 heteroatoms. The van der Waals surface area contributed by atoms with Gasteiger partial charge in [0.25, 0.3) is 0 Å². The summed E-state index contributed by atoms with van der Waals surface area (Å²) in [5.74, 6) is 1.72. The SMILES string of the molecule is CCC(C)CS(=O)(=O)Cc1ccc(CNC)o1. The Morgan fingerprint density at radius 1 is 1.35 bits per heavy atom. The maximum atomic E-state index is 11.9. The van der Waals surface area contributed by atoms with Crippen molar-refractivity contribution in [1.82, 2.24) is 5.32 Å². The van der Waals surface area contributed by atoms with E-state index in [0.29, 0.717) is 12.3 Å². The predicted octanol–water partition coefficient (Wildman–Crippen LogP) is 1.96. The van der Waals surface area contributed by atoms with Crippen molar-refractivity contribution in [3.8, 4) is 0 Å². The highest BCUT2D eigenvalue weighted by atomic mass is 32.2. The molecule has 0 aliphatic rings. The van der Waals surface area contributed by atoms with Crippen molar-refractivity contribution >= 4 is 9.84 Å². The van der Waals surface area contributed by atoms with E-state index in [1.807, 2.05) is 27.0 Å². The number of sulfone groups is 1. The first kappa shape index (κ1) is 14.3. The van der Waals surface area contributed by atoms with Gasteiger partial charge in [-0.15, -0.1) is 0 Å². The highest BCUT2D eigenvalue weighted by Gasteiger charge is 2.17. The molecule has 1 rings (SSSR count). The van der Waals surface area contributed by atoms with E-state index in [1.54, 1.807) is 6.07 Å². The highest BCUT2D eigenvalue weighted by Crippen LogP contribution is 2.14. The molecule has 17 heavy (non-hydrogen) atoms. The van der Waals surface area contributed by atoms with Gasteiger partial charge >= 0.3 is 0 Å². The summed E-state index contributed by atoms with van der Waals surface area (Å²) >= 11 is 0. The molecule has 1 unspecified atom stereocenters. The van der Waals surface area contributed by atoms with Crippen LogP contribution in [-0.2, 0) is 22.1 Å². The maximum absolute atomic E-state index is 11.9. The van der Waals surface area contributed by atoms with Gasteiger partial charge in [-0.25, -0.2) is 8.42 Å². The van der Waals surface area contributed by atoms with E-state index in [4.69, 9.17) is 4.42 Å². The van der Waals surface area contributed by atoms with Crippen LogP contribution in [0.4, 0.5) is 0 Å². The summed E-state index contributed by atoms with van der Waals surface area (Å²) in [7, 11) is -1.24. The van der Waals surface area contributed by atoms with Crippen LogP contribution in [0.5, 0.6) is 0 Å². The second kappa shape index (κ2) is 6.21. The van der Waals surface area contributed by atoms with Crippen LogP contribution in [0.15, 0.2) is 16.5 Å². The van der Waals surface area contributed by atoms with Gasteiger partial charge < -0.3 is 9.73 Å². The first-order chi connectivity index (χ1) is 7.96. The largest absolute Gasteiger partial charge is 0.464 e. The van der Waals surface area contributed by atoms with Gasteiger partial charge in [-0.05, 0) is 25.1 Å². The molecule has 0 saturated heterocycles. The van der Waals surface area contributed by atoms with E-state index in [0.717, 1.165) is 12.2 Å². The van der Waals surface area contributed by atoms with Crippen molar-refractivity contribution < 1.29 is 12.8 Å². The van der Waals surface area contributed by atoms with Gasteiger partial charge in [-0.1, -0.05) is 20.3 Å². The Labute approximate surface area is 103 Å². The Hall–Kier alpha value is -0.810. The summed E-state index contributed by atoms with van der Waals surface area (Å²) in [6, 6.07) is 3.55. The zero-order valence-electron chi connectivity index (χ0n) is 10.7. The van der Waals surface area contributed by atoms with Crippen molar-refractivity contribution in [2.24, 2.45) is 5.92 Å². The van der Waals surface area contributed by atoms with E-state index in [1.165, 1.54) is 0 Å². The Morgan fingerprint density at radius 2 is 2.00 bits per heavy atom. The zero-order valence-corrected chi connectivity index (χ0v) is 11.5. The van der Waals surface area contributed by atoms with Crippen LogP contribution >= 0.6 is 0 Å². The monoisotopic (exact) mass is 259 g/mol. The third kappa shape index (κ3) is 4.91. The predicted molar refractivity (Wildman–Crippen MR) is 68.4 cm³/mol. The fraction of sp³-hybridized carbons (Fsp3) is 0.667. The normalized spacial score (nSPS) is 13.8. The van der Waals surface area contributed by atoms with Crippen LogP contribution in [0.25, 0.3) is 0 Å². The van der Waals surface area contributed by atoms with Crippen LogP contribution < -0.4 is 5.32 Å². The molecule has 0 bridgehead atoms. The molecule has 0 spiro atoms. The Morgan fingerprint density at radius 3 is 2.59 bits per heavy atom. The van der Waals surface area contributed by atoms with Gasteiger partial charge in [-0.3, -0.25) is 0 Å². The second-order valence-electron chi connectivity index (χ2n) is 4.47. The summed E-state index contributed by atoms with van der Waals surface area (Å²) in [6.45, 7) is 4.57. The topological polar surface area (TPSA) is 59.3 Å². The summed E-state index contributed by atoms with van der Waals surface area (Å²) in [6.07, 6.45) is 0.877. The quantitative estimate of drug-likeness (QED) is 0.813. The molecule has 1 atom stereocenters. The Bertz CT molecular complexity index is 436. The Balaban J connectivity index is 2.63. The highest BCUT2D eigenvalue weighted by molar-refractivity contribution is 7.90. The van der Waals surface area contributed by atoms with Crippen molar-refractivity contribution in [2.45, 2.75) is 32.6 Å². The molecule has 4 nitrogen and oxygen atoms in total. The van der Waals surface area contributed by atoms with Crippen LogP contribution in [-0.4, -0.2) is 21.2 Å². The van der Waals surface area contributed by atoms with Gasteiger partial charge in [0.05, 0.1) is 12.3 Å². The molecule has 0 amide bonds. The fourth-order valence-electron chi connectivity index (χ4n) is 1.60. The van der Waals surface area contributed by atoms with E-state index in [2.05, 4.69) is 5.32 Å². The lowest BCUT2D eigenvalue weighted by Gasteiger charge is -2.08.